The summed E-state index contributed by atoms with van der Waals surface area (Å²) in [6.45, 7) is 0.0415. The fraction of sp³-hybridized carbons (Fsp3) is 0.222. The Kier molecular flexibility index (Phi) is 6.63. The van der Waals surface area contributed by atoms with Crippen molar-refractivity contribution in [1.29, 1.82) is 0 Å². The molecule has 2 rings (SSSR count). The van der Waals surface area contributed by atoms with Crippen LogP contribution in [0.5, 0.6) is 5.75 Å². The summed E-state index contributed by atoms with van der Waals surface area (Å²) in [4.78, 5) is 23.5. The third-order valence-electron chi connectivity index (χ3n) is 3.25. The standard InChI is InChI=1S/C18H18ClNO4/c1-23-16-4-2-3-14(9-16)10-18(22)24-12-17(21)20-11-13-5-7-15(19)8-6-13/h2-9H,10-12H2,1H3,(H,20,21). The lowest BCUT2D eigenvalue weighted by Gasteiger charge is -2.07. The first-order valence-corrected chi connectivity index (χ1v) is 7.74. The second-order valence-electron chi connectivity index (χ2n) is 5.09. The first kappa shape index (κ1) is 17.8. The number of esters is 1. The fourth-order valence-electron chi connectivity index (χ4n) is 2.00. The van der Waals surface area contributed by atoms with E-state index in [0.717, 1.165) is 11.1 Å². The van der Waals surface area contributed by atoms with Crippen LogP contribution in [-0.4, -0.2) is 25.6 Å². The van der Waals surface area contributed by atoms with E-state index in [2.05, 4.69) is 5.32 Å². The molecule has 0 atom stereocenters. The van der Waals surface area contributed by atoms with Crippen molar-refractivity contribution in [3.8, 4) is 5.75 Å². The van der Waals surface area contributed by atoms with E-state index in [1.54, 1.807) is 43.5 Å². The highest BCUT2D eigenvalue weighted by Gasteiger charge is 2.09. The van der Waals surface area contributed by atoms with Crippen molar-refractivity contribution >= 4 is 23.5 Å². The van der Waals surface area contributed by atoms with Gasteiger partial charge in [0.25, 0.3) is 5.91 Å². The van der Waals surface area contributed by atoms with Gasteiger partial charge >= 0.3 is 5.97 Å². The molecule has 0 unspecified atom stereocenters. The van der Waals surface area contributed by atoms with E-state index in [1.165, 1.54) is 0 Å². The van der Waals surface area contributed by atoms with Crippen LogP contribution >= 0.6 is 11.6 Å². The summed E-state index contributed by atoms with van der Waals surface area (Å²) in [6, 6.07) is 14.3. The van der Waals surface area contributed by atoms with E-state index in [4.69, 9.17) is 21.1 Å². The minimum absolute atomic E-state index is 0.0850. The quantitative estimate of drug-likeness (QED) is 0.782. The van der Waals surface area contributed by atoms with Crippen molar-refractivity contribution in [2.45, 2.75) is 13.0 Å². The normalized spacial score (nSPS) is 10.1. The van der Waals surface area contributed by atoms with Crippen LogP contribution in [0.2, 0.25) is 5.02 Å². The molecule has 0 heterocycles. The summed E-state index contributed by atoms with van der Waals surface area (Å²) in [6.07, 6.45) is 0.0850. The van der Waals surface area contributed by atoms with Gasteiger partial charge in [0.1, 0.15) is 5.75 Å². The molecule has 24 heavy (non-hydrogen) atoms. The van der Waals surface area contributed by atoms with Gasteiger partial charge in [0.05, 0.1) is 13.5 Å². The predicted molar refractivity (Wildman–Crippen MR) is 91.0 cm³/mol. The molecule has 5 nitrogen and oxygen atoms in total. The summed E-state index contributed by atoms with van der Waals surface area (Å²) in [5.41, 5.74) is 1.68. The van der Waals surface area contributed by atoms with Crippen LogP contribution in [-0.2, 0) is 27.3 Å². The van der Waals surface area contributed by atoms with Crippen LogP contribution < -0.4 is 10.1 Å². The van der Waals surface area contributed by atoms with Gasteiger partial charge < -0.3 is 14.8 Å². The number of halogens is 1. The smallest absolute Gasteiger partial charge is 0.310 e. The molecule has 0 saturated carbocycles. The molecule has 0 spiro atoms. The van der Waals surface area contributed by atoms with Gasteiger partial charge in [-0.25, -0.2) is 0 Å². The Morgan fingerprint density at radius 3 is 2.54 bits per heavy atom. The molecule has 0 aliphatic carbocycles. The Hall–Kier alpha value is -2.53. The van der Waals surface area contributed by atoms with Crippen molar-refractivity contribution in [3.63, 3.8) is 0 Å². The molecule has 0 saturated heterocycles. The maximum absolute atomic E-state index is 11.8. The molecule has 0 radical (unpaired) electrons. The minimum Gasteiger partial charge on any atom is -0.497 e. The molecule has 0 bridgehead atoms. The average molecular weight is 348 g/mol. The summed E-state index contributed by atoms with van der Waals surface area (Å²) in [5, 5.41) is 3.31. The summed E-state index contributed by atoms with van der Waals surface area (Å²) >= 11 is 5.79. The number of hydrogen-bond donors (Lipinski definition) is 1. The van der Waals surface area contributed by atoms with Crippen LogP contribution in [0.4, 0.5) is 0 Å². The van der Waals surface area contributed by atoms with Crippen LogP contribution in [0.1, 0.15) is 11.1 Å². The summed E-state index contributed by atoms with van der Waals surface area (Å²) in [5.74, 6) is -0.158. The van der Waals surface area contributed by atoms with E-state index in [-0.39, 0.29) is 18.9 Å². The predicted octanol–water partition coefficient (Wildman–Crippen LogP) is 2.75. The number of hydrogen-bond acceptors (Lipinski definition) is 4. The SMILES string of the molecule is COc1cccc(CC(=O)OCC(=O)NCc2ccc(Cl)cc2)c1. The highest BCUT2D eigenvalue weighted by atomic mass is 35.5. The molecule has 6 heteroatoms. The Morgan fingerprint density at radius 1 is 1.08 bits per heavy atom. The third-order valence-corrected chi connectivity index (χ3v) is 3.50. The number of amides is 1. The van der Waals surface area contributed by atoms with E-state index in [9.17, 15) is 9.59 Å². The first-order valence-electron chi connectivity index (χ1n) is 7.36. The molecule has 1 amide bonds. The maximum Gasteiger partial charge on any atom is 0.310 e. The molecule has 2 aromatic carbocycles. The molecule has 2 aromatic rings. The number of carbonyl (C=O) groups is 2. The number of benzene rings is 2. The van der Waals surface area contributed by atoms with E-state index < -0.39 is 5.97 Å². The van der Waals surface area contributed by atoms with E-state index in [1.807, 2.05) is 12.1 Å². The monoisotopic (exact) mass is 347 g/mol. The van der Waals surface area contributed by atoms with Gasteiger partial charge in [0, 0.05) is 11.6 Å². The lowest BCUT2D eigenvalue weighted by atomic mass is 10.1. The van der Waals surface area contributed by atoms with Gasteiger partial charge in [0.2, 0.25) is 0 Å². The second kappa shape index (κ2) is 8.93. The van der Waals surface area contributed by atoms with Crippen molar-refractivity contribution < 1.29 is 19.1 Å². The lowest BCUT2D eigenvalue weighted by molar-refractivity contribution is -0.147. The third kappa shape index (κ3) is 5.93. The number of rotatable bonds is 7. The molecular formula is C18H18ClNO4. The Morgan fingerprint density at radius 2 is 1.83 bits per heavy atom. The Bertz CT molecular complexity index is 700. The van der Waals surface area contributed by atoms with Gasteiger partial charge in [-0.05, 0) is 35.4 Å². The molecule has 1 N–H and O–H groups in total. The zero-order valence-corrected chi connectivity index (χ0v) is 14.0. The topological polar surface area (TPSA) is 64.6 Å². The van der Waals surface area contributed by atoms with Crippen molar-refractivity contribution in [2.75, 3.05) is 13.7 Å². The maximum atomic E-state index is 11.8. The van der Waals surface area contributed by atoms with E-state index in [0.29, 0.717) is 17.3 Å². The zero-order chi connectivity index (χ0) is 17.4. The van der Waals surface area contributed by atoms with Crippen LogP contribution in [0, 0.1) is 0 Å². The summed E-state index contributed by atoms with van der Waals surface area (Å²) in [7, 11) is 1.56. The highest BCUT2D eigenvalue weighted by molar-refractivity contribution is 6.30. The average Bonchev–Trinajstić information content (AvgIpc) is 2.59. The number of ether oxygens (including phenoxy) is 2. The number of methoxy groups -OCH3 is 1. The van der Waals surface area contributed by atoms with Gasteiger partial charge in [0.15, 0.2) is 6.61 Å². The Labute approximate surface area is 145 Å². The highest BCUT2D eigenvalue weighted by Crippen LogP contribution is 2.13. The molecule has 0 aliphatic rings. The molecule has 0 aromatic heterocycles. The van der Waals surface area contributed by atoms with Crippen LogP contribution in [0.3, 0.4) is 0 Å². The van der Waals surface area contributed by atoms with Gasteiger partial charge in [-0.15, -0.1) is 0 Å². The second-order valence-corrected chi connectivity index (χ2v) is 5.53. The molecule has 126 valence electrons. The first-order chi connectivity index (χ1) is 11.6. The summed E-state index contributed by atoms with van der Waals surface area (Å²) < 4.78 is 10.1. The van der Waals surface area contributed by atoms with Crippen molar-refractivity contribution in [3.05, 3.63) is 64.7 Å². The van der Waals surface area contributed by atoms with Gasteiger partial charge in [-0.3, -0.25) is 9.59 Å². The number of nitrogens with one attached hydrogen (secondary N) is 1. The fourth-order valence-corrected chi connectivity index (χ4v) is 2.13. The minimum atomic E-state index is -0.468. The Balaban J connectivity index is 1.72. The lowest BCUT2D eigenvalue weighted by Crippen LogP contribution is -2.28. The van der Waals surface area contributed by atoms with Crippen molar-refractivity contribution in [1.82, 2.24) is 5.32 Å². The van der Waals surface area contributed by atoms with Gasteiger partial charge in [-0.2, -0.15) is 0 Å². The largest absolute Gasteiger partial charge is 0.497 e. The number of carbonyl (C=O) groups excluding carboxylic acids is 2. The molecule has 0 aliphatic heterocycles. The molecular weight excluding hydrogens is 330 g/mol. The molecule has 0 fully saturated rings. The van der Waals surface area contributed by atoms with Gasteiger partial charge in [-0.1, -0.05) is 35.9 Å². The van der Waals surface area contributed by atoms with E-state index >= 15 is 0 Å². The van der Waals surface area contributed by atoms with Crippen LogP contribution in [0.15, 0.2) is 48.5 Å². The zero-order valence-electron chi connectivity index (χ0n) is 13.3. The van der Waals surface area contributed by atoms with Crippen molar-refractivity contribution in [2.24, 2.45) is 0 Å². The van der Waals surface area contributed by atoms with Crippen LogP contribution in [0.25, 0.3) is 0 Å².